The van der Waals surface area contributed by atoms with Crippen molar-refractivity contribution in [2.24, 2.45) is 5.73 Å². The van der Waals surface area contributed by atoms with Gasteiger partial charge in [-0.1, -0.05) is 11.6 Å². The number of rotatable bonds is 1. The van der Waals surface area contributed by atoms with Crippen molar-refractivity contribution in [3.8, 4) is 0 Å². The molecule has 3 heteroatoms. The lowest BCUT2D eigenvalue weighted by Crippen LogP contribution is -2.11. The molecule has 1 radical (unpaired) electrons. The zero-order chi connectivity index (χ0) is 9.30. The van der Waals surface area contributed by atoms with E-state index in [-0.39, 0.29) is 5.84 Å². The van der Waals surface area contributed by atoms with Gasteiger partial charge in [-0.25, -0.2) is 0 Å². The van der Waals surface area contributed by atoms with Gasteiger partial charge in [-0.3, -0.25) is 5.41 Å². The van der Waals surface area contributed by atoms with E-state index in [2.05, 4.69) is 6.92 Å². The van der Waals surface area contributed by atoms with Gasteiger partial charge in [-0.2, -0.15) is 0 Å². The van der Waals surface area contributed by atoms with Crippen molar-refractivity contribution in [1.29, 1.82) is 5.41 Å². The van der Waals surface area contributed by atoms with Gasteiger partial charge in [-0.05, 0) is 37.1 Å². The summed E-state index contributed by atoms with van der Waals surface area (Å²) in [6.07, 6.45) is 0. The van der Waals surface area contributed by atoms with E-state index in [4.69, 9.17) is 22.7 Å². The first-order chi connectivity index (χ1) is 5.52. The molecule has 3 N–H and O–H groups in total. The van der Waals surface area contributed by atoms with Crippen LogP contribution in [0.15, 0.2) is 12.1 Å². The van der Waals surface area contributed by atoms with E-state index in [1.165, 1.54) is 0 Å². The molecule has 0 aliphatic rings. The standard InChI is InChI=1S/C9H10ClN2/c1-5-3-7(9(11)12)4-8(10)6(5)2/h3-4H,2H2,1H3,(H3,11,12). The number of nitrogens with two attached hydrogens (primary N) is 1. The highest BCUT2D eigenvalue weighted by Crippen LogP contribution is 2.20. The smallest absolute Gasteiger partial charge is 0.122 e. The second-order valence-corrected chi connectivity index (χ2v) is 3.07. The molecule has 0 fully saturated rings. The Bertz CT molecular complexity index is 308. The molecule has 0 unspecified atom stereocenters. The van der Waals surface area contributed by atoms with Gasteiger partial charge < -0.3 is 5.73 Å². The minimum Gasteiger partial charge on any atom is -0.384 e. The van der Waals surface area contributed by atoms with Crippen molar-refractivity contribution in [3.63, 3.8) is 0 Å². The Morgan fingerprint density at radius 1 is 1.58 bits per heavy atom. The first-order valence-electron chi connectivity index (χ1n) is 3.49. The van der Waals surface area contributed by atoms with Gasteiger partial charge >= 0.3 is 0 Å². The Morgan fingerprint density at radius 2 is 2.17 bits per heavy atom. The van der Waals surface area contributed by atoms with Crippen LogP contribution in [-0.4, -0.2) is 5.84 Å². The van der Waals surface area contributed by atoms with E-state index in [1.807, 2.05) is 6.92 Å². The molecule has 0 atom stereocenters. The van der Waals surface area contributed by atoms with E-state index in [0.717, 1.165) is 11.1 Å². The lowest BCUT2D eigenvalue weighted by molar-refractivity contribution is 1.37. The summed E-state index contributed by atoms with van der Waals surface area (Å²) in [6.45, 7) is 5.67. The molecule has 0 bridgehead atoms. The molecule has 1 rings (SSSR count). The molecular formula is C9H10ClN2. The van der Waals surface area contributed by atoms with Crippen LogP contribution >= 0.6 is 11.6 Å². The molecule has 0 amide bonds. The summed E-state index contributed by atoms with van der Waals surface area (Å²) in [5.41, 5.74) is 7.69. The zero-order valence-corrected chi connectivity index (χ0v) is 7.57. The molecule has 63 valence electrons. The molecule has 0 spiro atoms. The third-order valence-electron chi connectivity index (χ3n) is 1.73. The first-order valence-corrected chi connectivity index (χ1v) is 3.86. The summed E-state index contributed by atoms with van der Waals surface area (Å²) in [4.78, 5) is 0. The van der Waals surface area contributed by atoms with Crippen molar-refractivity contribution in [2.75, 3.05) is 0 Å². The van der Waals surface area contributed by atoms with E-state index in [0.29, 0.717) is 10.6 Å². The lowest BCUT2D eigenvalue weighted by atomic mass is 10.1. The predicted octanol–water partition coefficient (Wildman–Crippen LogP) is 2.11. The number of amidine groups is 1. The SMILES string of the molecule is [CH2]c1c(C)cc(C(=N)N)cc1Cl. The van der Waals surface area contributed by atoms with Crippen LogP contribution in [0, 0.1) is 19.3 Å². The number of hydrogen-bond donors (Lipinski definition) is 2. The Kier molecular flexibility index (Phi) is 2.38. The third-order valence-corrected chi connectivity index (χ3v) is 2.07. The van der Waals surface area contributed by atoms with Crippen molar-refractivity contribution in [3.05, 3.63) is 40.8 Å². The molecule has 0 saturated carbocycles. The second kappa shape index (κ2) is 3.15. The monoisotopic (exact) mass is 181 g/mol. The second-order valence-electron chi connectivity index (χ2n) is 2.67. The van der Waals surface area contributed by atoms with Gasteiger partial charge in [0.1, 0.15) is 5.84 Å². The summed E-state index contributed by atoms with van der Waals surface area (Å²) < 4.78 is 0. The van der Waals surface area contributed by atoms with Crippen LogP contribution < -0.4 is 5.73 Å². The summed E-state index contributed by atoms with van der Waals surface area (Å²) in [7, 11) is 0. The molecule has 1 aromatic rings. The van der Waals surface area contributed by atoms with Crippen LogP contribution in [0.2, 0.25) is 5.02 Å². The van der Waals surface area contributed by atoms with Crippen molar-refractivity contribution in [1.82, 2.24) is 0 Å². The fourth-order valence-corrected chi connectivity index (χ4v) is 1.20. The molecule has 0 heterocycles. The maximum Gasteiger partial charge on any atom is 0.122 e. The summed E-state index contributed by atoms with van der Waals surface area (Å²) >= 11 is 5.85. The fourth-order valence-electron chi connectivity index (χ4n) is 0.930. The highest BCUT2D eigenvalue weighted by Gasteiger charge is 2.03. The van der Waals surface area contributed by atoms with Crippen LogP contribution in [0.4, 0.5) is 0 Å². The van der Waals surface area contributed by atoms with Crippen LogP contribution in [-0.2, 0) is 0 Å². The average Bonchev–Trinajstić information content (AvgIpc) is 1.99. The van der Waals surface area contributed by atoms with E-state index >= 15 is 0 Å². The number of nitrogens with one attached hydrogen (secondary N) is 1. The topological polar surface area (TPSA) is 49.9 Å². The fraction of sp³-hybridized carbons (Fsp3) is 0.111. The Morgan fingerprint density at radius 3 is 2.58 bits per heavy atom. The van der Waals surface area contributed by atoms with Crippen LogP contribution in [0.25, 0.3) is 0 Å². The molecule has 0 aliphatic heterocycles. The van der Waals surface area contributed by atoms with Gasteiger partial charge in [0.25, 0.3) is 0 Å². The summed E-state index contributed by atoms with van der Waals surface area (Å²) in [5, 5.41) is 7.75. The number of benzene rings is 1. The molecule has 0 aromatic heterocycles. The zero-order valence-electron chi connectivity index (χ0n) is 6.82. The van der Waals surface area contributed by atoms with E-state index < -0.39 is 0 Å². The Hall–Kier alpha value is -1.02. The maximum absolute atomic E-state index is 7.20. The minimum atomic E-state index is 0.0278. The number of nitrogen functional groups attached to an aromatic ring is 1. The molecule has 2 nitrogen and oxygen atoms in total. The molecule has 0 saturated heterocycles. The third kappa shape index (κ3) is 1.59. The maximum atomic E-state index is 7.20. The van der Waals surface area contributed by atoms with E-state index in [9.17, 15) is 0 Å². The highest BCUT2D eigenvalue weighted by atomic mass is 35.5. The van der Waals surface area contributed by atoms with Gasteiger partial charge in [-0.15, -0.1) is 0 Å². The Balaban J connectivity index is 3.31. The van der Waals surface area contributed by atoms with Crippen molar-refractivity contribution >= 4 is 17.4 Å². The number of halogens is 1. The average molecular weight is 182 g/mol. The molecular weight excluding hydrogens is 172 g/mol. The van der Waals surface area contributed by atoms with Crippen LogP contribution in [0.3, 0.4) is 0 Å². The summed E-state index contributed by atoms with van der Waals surface area (Å²) in [6, 6.07) is 3.45. The molecule has 1 aromatic carbocycles. The normalized spacial score (nSPS) is 9.92. The number of hydrogen-bond acceptors (Lipinski definition) is 1. The van der Waals surface area contributed by atoms with Gasteiger partial charge in [0.15, 0.2) is 0 Å². The molecule has 12 heavy (non-hydrogen) atoms. The number of aryl methyl sites for hydroxylation is 1. The van der Waals surface area contributed by atoms with Gasteiger partial charge in [0.2, 0.25) is 0 Å². The summed E-state index contributed by atoms with van der Waals surface area (Å²) in [5.74, 6) is 0.0278. The Labute approximate surface area is 76.9 Å². The van der Waals surface area contributed by atoms with Crippen LogP contribution in [0.1, 0.15) is 16.7 Å². The van der Waals surface area contributed by atoms with E-state index in [1.54, 1.807) is 12.1 Å². The predicted molar refractivity (Wildman–Crippen MR) is 51.7 cm³/mol. The largest absolute Gasteiger partial charge is 0.384 e. The van der Waals surface area contributed by atoms with Crippen molar-refractivity contribution < 1.29 is 0 Å². The quantitative estimate of drug-likeness (QED) is 0.506. The lowest BCUT2D eigenvalue weighted by Gasteiger charge is -2.05. The first kappa shape index (κ1) is 9.07. The highest BCUT2D eigenvalue weighted by molar-refractivity contribution is 6.32. The van der Waals surface area contributed by atoms with Gasteiger partial charge in [0, 0.05) is 10.6 Å². The molecule has 0 aliphatic carbocycles. The minimum absolute atomic E-state index is 0.0278. The van der Waals surface area contributed by atoms with Gasteiger partial charge in [0.05, 0.1) is 0 Å². The van der Waals surface area contributed by atoms with Crippen LogP contribution in [0.5, 0.6) is 0 Å². The van der Waals surface area contributed by atoms with Crippen molar-refractivity contribution in [2.45, 2.75) is 6.92 Å².